The van der Waals surface area contributed by atoms with E-state index in [2.05, 4.69) is 4.98 Å². The minimum absolute atomic E-state index is 0.0184. The molecule has 0 spiro atoms. The van der Waals surface area contributed by atoms with Gasteiger partial charge in [0.1, 0.15) is 0 Å². The van der Waals surface area contributed by atoms with Crippen LogP contribution in [0.25, 0.3) is 0 Å². The number of pyridine rings is 1. The third-order valence-electron chi connectivity index (χ3n) is 2.80. The van der Waals surface area contributed by atoms with E-state index < -0.39 is 17.5 Å². The molecule has 0 atom stereocenters. The molecule has 0 N–H and O–H groups in total. The Bertz CT molecular complexity index is 642. The molecule has 104 valence electrons. The van der Waals surface area contributed by atoms with Crippen molar-refractivity contribution in [2.24, 2.45) is 0 Å². The monoisotopic (exact) mass is 279 g/mol. The van der Waals surface area contributed by atoms with Crippen LogP contribution in [0.3, 0.4) is 0 Å². The minimum Gasteiger partial charge on any atom is -0.289 e. The number of hydrogen-bond donors (Lipinski definition) is 0. The zero-order valence-corrected chi connectivity index (χ0v) is 11.0. The number of carbonyl (C=O) groups is 1. The van der Waals surface area contributed by atoms with Crippen LogP contribution in [-0.4, -0.2) is 10.8 Å². The van der Waals surface area contributed by atoms with Crippen LogP contribution in [0.5, 0.6) is 0 Å². The van der Waals surface area contributed by atoms with E-state index in [0.29, 0.717) is 17.0 Å². The SMILES string of the molecule is Cc1cc(C(=O)c2cccc(C(F)(F)F)c2)cc(C)n1. The van der Waals surface area contributed by atoms with Gasteiger partial charge in [-0.1, -0.05) is 12.1 Å². The molecule has 0 unspecified atom stereocenters. The predicted molar refractivity (Wildman–Crippen MR) is 68.6 cm³/mol. The lowest BCUT2D eigenvalue weighted by Gasteiger charge is -2.09. The van der Waals surface area contributed by atoms with Crippen molar-refractivity contribution in [1.29, 1.82) is 0 Å². The highest BCUT2D eigenvalue weighted by molar-refractivity contribution is 6.09. The van der Waals surface area contributed by atoms with Crippen molar-refractivity contribution in [3.05, 3.63) is 64.5 Å². The van der Waals surface area contributed by atoms with Gasteiger partial charge in [-0.05, 0) is 38.1 Å². The van der Waals surface area contributed by atoms with Gasteiger partial charge >= 0.3 is 6.18 Å². The Labute approximate surface area is 114 Å². The van der Waals surface area contributed by atoms with E-state index in [1.54, 1.807) is 26.0 Å². The summed E-state index contributed by atoms with van der Waals surface area (Å²) >= 11 is 0. The highest BCUT2D eigenvalue weighted by Crippen LogP contribution is 2.30. The Morgan fingerprint density at radius 3 is 2.15 bits per heavy atom. The first-order valence-electron chi connectivity index (χ1n) is 5.94. The molecule has 0 aliphatic carbocycles. The lowest BCUT2D eigenvalue weighted by molar-refractivity contribution is -0.137. The van der Waals surface area contributed by atoms with Crippen molar-refractivity contribution in [3.63, 3.8) is 0 Å². The molecule has 2 rings (SSSR count). The number of hydrogen-bond acceptors (Lipinski definition) is 2. The van der Waals surface area contributed by atoms with Crippen molar-refractivity contribution < 1.29 is 18.0 Å². The number of halogens is 3. The molecule has 0 saturated carbocycles. The maximum Gasteiger partial charge on any atom is 0.416 e. The number of rotatable bonds is 2. The minimum atomic E-state index is -4.46. The summed E-state index contributed by atoms with van der Waals surface area (Å²) in [4.78, 5) is 16.4. The number of alkyl halides is 3. The van der Waals surface area contributed by atoms with E-state index in [1.165, 1.54) is 12.1 Å². The van der Waals surface area contributed by atoms with Gasteiger partial charge < -0.3 is 0 Å². The number of nitrogens with zero attached hydrogens (tertiary/aromatic N) is 1. The van der Waals surface area contributed by atoms with Crippen LogP contribution in [0.1, 0.15) is 32.9 Å². The van der Waals surface area contributed by atoms with Crippen LogP contribution >= 0.6 is 0 Å². The van der Waals surface area contributed by atoms with Crippen LogP contribution in [0.2, 0.25) is 0 Å². The first-order valence-corrected chi connectivity index (χ1v) is 5.94. The molecular weight excluding hydrogens is 267 g/mol. The normalized spacial score (nSPS) is 11.4. The fourth-order valence-electron chi connectivity index (χ4n) is 1.97. The zero-order chi connectivity index (χ0) is 14.9. The quantitative estimate of drug-likeness (QED) is 0.779. The maximum absolute atomic E-state index is 12.6. The van der Waals surface area contributed by atoms with Crippen LogP contribution < -0.4 is 0 Å². The molecular formula is C15H12F3NO. The fraction of sp³-hybridized carbons (Fsp3) is 0.200. The van der Waals surface area contributed by atoms with Gasteiger partial charge in [-0.25, -0.2) is 0 Å². The van der Waals surface area contributed by atoms with Crippen LogP contribution in [0.15, 0.2) is 36.4 Å². The van der Waals surface area contributed by atoms with Gasteiger partial charge in [-0.2, -0.15) is 13.2 Å². The molecule has 2 nitrogen and oxygen atoms in total. The number of aromatic nitrogens is 1. The van der Waals surface area contributed by atoms with Gasteiger partial charge in [-0.15, -0.1) is 0 Å². The average molecular weight is 279 g/mol. The van der Waals surface area contributed by atoms with Gasteiger partial charge in [0.15, 0.2) is 5.78 Å². The molecule has 0 aliphatic rings. The molecule has 0 saturated heterocycles. The van der Waals surface area contributed by atoms with E-state index in [9.17, 15) is 18.0 Å². The number of carbonyl (C=O) groups excluding carboxylic acids is 1. The molecule has 5 heteroatoms. The van der Waals surface area contributed by atoms with E-state index in [4.69, 9.17) is 0 Å². The Hall–Kier alpha value is -2.17. The number of benzene rings is 1. The lowest BCUT2D eigenvalue weighted by Crippen LogP contribution is -2.08. The molecule has 0 radical (unpaired) electrons. The third kappa shape index (κ3) is 3.04. The average Bonchev–Trinajstić information content (AvgIpc) is 2.36. The lowest BCUT2D eigenvalue weighted by atomic mass is 10.0. The summed E-state index contributed by atoms with van der Waals surface area (Å²) in [7, 11) is 0. The summed E-state index contributed by atoms with van der Waals surface area (Å²) in [5.41, 5.74) is 0.839. The summed E-state index contributed by atoms with van der Waals surface area (Å²) < 4.78 is 37.9. The fourth-order valence-corrected chi connectivity index (χ4v) is 1.97. The van der Waals surface area contributed by atoms with Crippen molar-refractivity contribution >= 4 is 5.78 Å². The van der Waals surface area contributed by atoms with Crippen molar-refractivity contribution in [2.75, 3.05) is 0 Å². The standard InChI is InChI=1S/C15H12F3NO/c1-9-6-12(7-10(2)19-9)14(20)11-4-3-5-13(8-11)15(16,17)18/h3-8H,1-2H3. The Balaban J connectivity index is 2.43. The summed E-state index contributed by atoms with van der Waals surface area (Å²) in [5.74, 6) is -0.440. The zero-order valence-electron chi connectivity index (χ0n) is 11.0. The van der Waals surface area contributed by atoms with Gasteiger partial charge in [0.05, 0.1) is 5.56 Å². The molecule has 2 aromatic rings. The first kappa shape index (κ1) is 14.2. The summed E-state index contributed by atoms with van der Waals surface area (Å²) in [6, 6.07) is 7.55. The second-order valence-electron chi connectivity index (χ2n) is 4.55. The topological polar surface area (TPSA) is 30.0 Å². The van der Waals surface area contributed by atoms with E-state index >= 15 is 0 Å². The molecule has 0 amide bonds. The van der Waals surface area contributed by atoms with Gasteiger partial charge in [0, 0.05) is 22.5 Å². The first-order chi connectivity index (χ1) is 9.27. The highest BCUT2D eigenvalue weighted by Gasteiger charge is 2.30. The van der Waals surface area contributed by atoms with Crippen LogP contribution in [0.4, 0.5) is 13.2 Å². The van der Waals surface area contributed by atoms with Crippen LogP contribution in [0, 0.1) is 13.8 Å². The molecule has 1 aromatic carbocycles. The maximum atomic E-state index is 12.6. The van der Waals surface area contributed by atoms with E-state index in [-0.39, 0.29) is 5.56 Å². The Morgan fingerprint density at radius 2 is 1.60 bits per heavy atom. The molecule has 0 fully saturated rings. The van der Waals surface area contributed by atoms with E-state index in [0.717, 1.165) is 12.1 Å². The van der Waals surface area contributed by atoms with Crippen molar-refractivity contribution in [2.45, 2.75) is 20.0 Å². The molecule has 1 aromatic heterocycles. The Kier molecular flexibility index (Phi) is 3.61. The molecule has 0 aliphatic heterocycles. The van der Waals surface area contributed by atoms with Crippen molar-refractivity contribution in [1.82, 2.24) is 4.98 Å². The number of ketones is 1. The number of aryl methyl sites for hydroxylation is 2. The van der Waals surface area contributed by atoms with Gasteiger partial charge in [0.25, 0.3) is 0 Å². The molecule has 0 bridgehead atoms. The second kappa shape index (κ2) is 5.07. The molecule has 20 heavy (non-hydrogen) atoms. The largest absolute Gasteiger partial charge is 0.416 e. The smallest absolute Gasteiger partial charge is 0.289 e. The van der Waals surface area contributed by atoms with Crippen LogP contribution in [-0.2, 0) is 6.18 Å². The Morgan fingerprint density at radius 1 is 1.00 bits per heavy atom. The van der Waals surface area contributed by atoms with Gasteiger partial charge in [-0.3, -0.25) is 9.78 Å². The van der Waals surface area contributed by atoms with Crippen molar-refractivity contribution in [3.8, 4) is 0 Å². The van der Waals surface area contributed by atoms with Gasteiger partial charge in [0.2, 0.25) is 0 Å². The summed E-state index contributed by atoms with van der Waals surface area (Å²) in [6.45, 7) is 3.46. The molecule has 1 heterocycles. The summed E-state index contributed by atoms with van der Waals surface area (Å²) in [6.07, 6.45) is -4.46. The highest BCUT2D eigenvalue weighted by atomic mass is 19.4. The predicted octanol–water partition coefficient (Wildman–Crippen LogP) is 3.95. The summed E-state index contributed by atoms with van der Waals surface area (Å²) in [5, 5.41) is 0. The second-order valence-corrected chi connectivity index (χ2v) is 4.55. The third-order valence-corrected chi connectivity index (χ3v) is 2.80. The van der Waals surface area contributed by atoms with E-state index in [1.807, 2.05) is 0 Å².